The molecular weight excluding hydrogens is 364 g/mol. The van der Waals surface area contributed by atoms with Gasteiger partial charge in [0, 0.05) is 6.42 Å². The highest BCUT2D eigenvalue weighted by Crippen LogP contribution is 2.44. The van der Waals surface area contributed by atoms with Crippen LogP contribution in [0.15, 0.2) is 0 Å². The van der Waals surface area contributed by atoms with E-state index < -0.39 is 23.6 Å². The van der Waals surface area contributed by atoms with Gasteiger partial charge in [-0.15, -0.1) is 0 Å². The van der Waals surface area contributed by atoms with E-state index in [1.807, 2.05) is 27.7 Å². The van der Waals surface area contributed by atoms with Crippen LogP contribution in [-0.2, 0) is 33.3 Å². The number of hydrogen-bond donors (Lipinski definition) is 0. The second-order valence-electron chi connectivity index (χ2n) is 8.97. The molecule has 0 bridgehead atoms. The van der Waals surface area contributed by atoms with Gasteiger partial charge in [-0.25, -0.2) is 0 Å². The summed E-state index contributed by atoms with van der Waals surface area (Å²) < 4.78 is 20.7. The van der Waals surface area contributed by atoms with Crippen LogP contribution < -0.4 is 0 Å². The average molecular weight is 401 g/mol. The molecule has 1 aliphatic rings. The molecule has 1 saturated heterocycles. The highest BCUT2D eigenvalue weighted by atomic mass is 16.7. The molecule has 1 aliphatic heterocycles. The lowest BCUT2D eigenvalue weighted by Crippen LogP contribution is -2.43. The molecule has 1 heterocycles. The van der Waals surface area contributed by atoms with Crippen molar-refractivity contribution in [2.45, 2.75) is 79.9 Å². The summed E-state index contributed by atoms with van der Waals surface area (Å²) in [5.74, 6) is -0.933. The molecule has 162 valence electrons. The van der Waals surface area contributed by atoms with Gasteiger partial charge in [-0.05, 0) is 31.1 Å². The van der Waals surface area contributed by atoms with E-state index in [1.165, 1.54) is 0 Å². The molecule has 2 atom stereocenters. The fourth-order valence-corrected chi connectivity index (χ4v) is 3.07. The number of carbonyl (C=O) groups excluding carboxylic acids is 3. The van der Waals surface area contributed by atoms with Crippen molar-refractivity contribution in [3.05, 3.63) is 0 Å². The largest absolute Gasteiger partial charge is 0.465 e. The fourth-order valence-electron chi connectivity index (χ4n) is 3.07. The summed E-state index contributed by atoms with van der Waals surface area (Å²) in [7, 11) is 0. The van der Waals surface area contributed by atoms with Crippen molar-refractivity contribution in [3.8, 4) is 0 Å². The minimum absolute atomic E-state index is 0.0259. The molecule has 7 nitrogen and oxygen atoms in total. The van der Waals surface area contributed by atoms with E-state index in [9.17, 15) is 14.4 Å². The molecular formula is C21H36O7. The molecule has 0 radical (unpaired) electrons. The average Bonchev–Trinajstić information content (AvgIpc) is 3.05. The standard InChI is InChI=1S/C21H36O7/c1-15(2)14-21(6,20(3,4)5)19(24)27-13-9-16(22)25-12-10-17(23)28-18-8-7-11-26-18/h15,18H,7-14H2,1-6H3. The van der Waals surface area contributed by atoms with Gasteiger partial charge in [0.05, 0.1) is 24.9 Å². The maximum Gasteiger partial charge on any atom is 0.312 e. The van der Waals surface area contributed by atoms with E-state index in [1.54, 1.807) is 0 Å². The van der Waals surface area contributed by atoms with Crippen LogP contribution in [0, 0.1) is 16.7 Å². The SMILES string of the molecule is CC(C)CC(C)(C(=O)OCCC(=O)OCCC(=O)OC1CCCO1)C(C)(C)C. The molecule has 0 amide bonds. The van der Waals surface area contributed by atoms with Gasteiger partial charge in [0.1, 0.15) is 13.2 Å². The third-order valence-electron chi connectivity index (χ3n) is 5.18. The number of hydrogen-bond acceptors (Lipinski definition) is 7. The zero-order chi connectivity index (χ0) is 21.4. The quantitative estimate of drug-likeness (QED) is 0.409. The van der Waals surface area contributed by atoms with Gasteiger partial charge in [-0.1, -0.05) is 34.6 Å². The molecule has 1 fully saturated rings. The fraction of sp³-hybridized carbons (Fsp3) is 0.857. The first-order valence-electron chi connectivity index (χ1n) is 10.1. The van der Waals surface area contributed by atoms with E-state index >= 15 is 0 Å². The molecule has 28 heavy (non-hydrogen) atoms. The molecule has 0 aliphatic carbocycles. The summed E-state index contributed by atoms with van der Waals surface area (Å²) in [6.45, 7) is 12.6. The monoisotopic (exact) mass is 400 g/mol. The van der Waals surface area contributed by atoms with E-state index in [-0.39, 0.29) is 37.4 Å². The van der Waals surface area contributed by atoms with Gasteiger partial charge in [-0.3, -0.25) is 14.4 Å². The topological polar surface area (TPSA) is 88.1 Å². The maximum absolute atomic E-state index is 12.6. The van der Waals surface area contributed by atoms with Crippen molar-refractivity contribution in [2.75, 3.05) is 19.8 Å². The second-order valence-corrected chi connectivity index (χ2v) is 8.97. The molecule has 0 aromatic carbocycles. The van der Waals surface area contributed by atoms with Gasteiger partial charge in [-0.2, -0.15) is 0 Å². The third-order valence-corrected chi connectivity index (χ3v) is 5.18. The number of esters is 3. The Kier molecular flexibility index (Phi) is 9.40. The number of rotatable bonds is 10. The minimum atomic E-state index is -0.642. The summed E-state index contributed by atoms with van der Waals surface area (Å²) in [5.41, 5.74) is -0.907. The predicted octanol–water partition coefficient (Wildman–Crippen LogP) is 3.63. The third kappa shape index (κ3) is 7.78. The first-order valence-corrected chi connectivity index (χ1v) is 10.1. The first kappa shape index (κ1) is 24.4. The molecule has 2 unspecified atom stereocenters. The summed E-state index contributed by atoms with van der Waals surface area (Å²) in [5, 5.41) is 0. The molecule has 0 spiro atoms. The van der Waals surface area contributed by atoms with Crippen LogP contribution in [0.1, 0.15) is 73.6 Å². The van der Waals surface area contributed by atoms with Crippen molar-refractivity contribution in [1.29, 1.82) is 0 Å². The van der Waals surface area contributed by atoms with Crippen LogP contribution in [-0.4, -0.2) is 44.0 Å². The molecule has 1 rings (SSSR count). The summed E-state index contributed by atoms with van der Waals surface area (Å²) in [6, 6.07) is 0. The van der Waals surface area contributed by atoms with Crippen molar-refractivity contribution < 1.29 is 33.3 Å². The summed E-state index contributed by atoms with van der Waals surface area (Å²) in [6.07, 6.45) is 1.71. The summed E-state index contributed by atoms with van der Waals surface area (Å²) in [4.78, 5) is 36.0. The Morgan fingerprint density at radius 3 is 2.14 bits per heavy atom. The highest BCUT2D eigenvalue weighted by Gasteiger charge is 2.45. The minimum Gasteiger partial charge on any atom is -0.465 e. The van der Waals surface area contributed by atoms with Crippen molar-refractivity contribution in [1.82, 2.24) is 0 Å². The van der Waals surface area contributed by atoms with Gasteiger partial charge in [0.15, 0.2) is 0 Å². The van der Waals surface area contributed by atoms with Crippen LogP contribution in [0.4, 0.5) is 0 Å². The van der Waals surface area contributed by atoms with Crippen LogP contribution in [0.25, 0.3) is 0 Å². The van der Waals surface area contributed by atoms with Gasteiger partial charge < -0.3 is 18.9 Å². The van der Waals surface area contributed by atoms with Crippen LogP contribution in [0.2, 0.25) is 0 Å². The lowest BCUT2D eigenvalue weighted by molar-refractivity contribution is -0.171. The summed E-state index contributed by atoms with van der Waals surface area (Å²) >= 11 is 0. The normalized spacial score (nSPS) is 19.2. The highest BCUT2D eigenvalue weighted by molar-refractivity contribution is 5.78. The smallest absolute Gasteiger partial charge is 0.312 e. The van der Waals surface area contributed by atoms with Gasteiger partial charge in [0.25, 0.3) is 0 Å². The molecule has 0 aromatic heterocycles. The Morgan fingerprint density at radius 2 is 1.61 bits per heavy atom. The Bertz CT molecular complexity index is 529. The zero-order valence-electron chi connectivity index (χ0n) is 18.2. The Morgan fingerprint density at radius 1 is 1.00 bits per heavy atom. The number of ether oxygens (including phenoxy) is 4. The molecule has 7 heteroatoms. The predicted molar refractivity (Wildman–Crippen MR) is 103 cm³/mol. The lowest BCUT2D eigenvalue weighted by atomic mass is 9.64. The van der Waals surface area contributed by atoms with E-state index in [2.05, 4.69) is 13.8 Å². The maximum atomic E-state index is 12.6. The second kappa shape index (κ2) is 10.8. The molecule has 0 aromatic rings. The van der Waals surface area contributed by atoms with E-state index in [0.717, 1.165) is 6.42 Å². The number of carbonyl (C=O) groups is 3. The van der Waals surface area contributed by atoms with Crippen LogP contribution in [0.5, 0.6) is 0 Å². The van der Waals surface area contributed by atoms with Crippen molar-refractivity contribution in [3.63, 3.8) is 0 Å². The van der Waals surface area contributed by atoms with Crippen molar-refractivity contribution in [2.24, 2.45) is 16.7 Å². The van der Waals surface area contributed by atoms with Crippen molar-refractivity contribution >= 4 is 17.9 Å². The Balaban J connectivity index is 2.30. The van der Waals surface area contributed by atoms with E-state index in [4.69, 9.17) is 18.9 Å². The van der Waals surface area contributed by atoms with Gasteiger partial charge in [0.2, 0.25) is 6.29 Å². The Hall–Kier alpha value is -1.63. The Labute approximate surface area is 168 Å². The van der Waals surface area contributed by atoms with E-state index in [0.29, 0.717) is 25.4 Å². The molecule has 0 N–H and O–H groups in total. The zero-order valence-corrected chi connectivity index (χ0v) is 18.2. The first-order chi connectivity index (χ1) is 13.0. The lowest BCUT2D eigenvalue weighted by Gasteiger charge is -2.40. The van der Waals surface area contributed by atoms with Crippen LogP contribution >= 0.6 is 0 Å². The van der Waals surface area contributed by atoms with Gasteiger partial charge >= 0.3 is 17.9 Å². The van der Waals surface area contributed by atoms with Crippen LogP contribution in [0.3, 0.4) is 0 Å². The molecule has 0 saturated carbocycles.